The number of esters is 1. The Kier molecular flexibility index (Phi) is 6.30. The van der Waals surface area contributed by atoms with Crippen LogP contribution in [0.3, 0.4) is 0 Å². The van der Waals surface area contributed by atoms with Crippen LogP contribution in [0.5, 0.6) is 0 Å². The van der Waals surface area contributed by atoms with Crippen molar-refractivity contribution in [2.75, 3.05) is 6.61 Å². The monoisotopic (exact) mass is 358 g/mol. The summed E-state index contributed by atoms with van der Waals surface area (Å²) in [5, 5.41) is 3.12. The number of carbonyl (C=O) groups is 2. The third-order valence-electron chi connectivity index (χ3n) is 5.98. The Morgan fingerprint density at radius 1 is 1.19 bits per heavy atom. The fourth-order valence-corrected chi connectivity index (χ4v) is 4.62. The molecule has 142 valence electrons. The third kappa shape index (κ3) is 4.44. The van der Waals surface area contributed by atoms with Crippen molar-refractivity contribution in [2.45, 2.75) is 57.5 Å². The third-order valence-corrected chi connectivity index (χ3v) is 5.98. The molecule has 1 amide bonds. The minimum absolute atomic E-state index is 0.00138. The van der Waals surface area contributed by atoms with Gasteiger partial charge in [-0.1, -0.05) is 36.8 Å². The van der Waals surface area contributed by atoms with Gasteiger partial charge in [0.1, 0.15) is 0 Å². The molecule has 2 aliphatic carbocycles. The Labute approximate surface area is 155 Å². The number of ether oxygens (including phenoxy) is 1. The van der Waals surface area contributed by atoms with Crippen molar-refractivity contribution in [3.05, 3.63) is 35.9 Å². The summed E-state index contributed by atoms with van der Waals surface area (Å²) in [7, 11) is 0. The highest BCUT2D eigenvalue weighted by Crippen LogP contribution is 2.42. The Morgan fingerprint density at radius 3 is 2.46 bits per heavy atom. The van der Waals surface area contributed by atoms with E-state index in [0.717, 1.165) is 31.2 Å². The van der Waals surface area contributed by atoms with E-state index in [-0.39, 0.29) is 36.3 Å². The molecule has 26 heavy (non-hydrogen) atoms. The quantitative estimate of drug-likeness (QED) is 0.766. The summed E-state index contributed by atoms with van der Waals surface area (Å²) in [4.78, 5) is 25.0. The summed E-state index contributed by atoms with van der Waals surface area (Å²) < 4.78 is 5.09. The highest BCUT2D eigenvalue weighted by molar-refractivity contribution is 5.80. The Bertz CT molecular complexity index is 605. The van der Waals surface area contributed by atoms with E-state index in [1.54, 1.807) is 6.92 Å². The molecule has 5 heteroatoms. The minimum atomic E-state index is -0.349. The fraction of sp³-hybridized carbons (Fsp3) is 0.619. The zero-order chi connectivity index (χ0) is 18.5. The topological polar surface area (TPSA) is 81.4 Å². The first-order chi connectivity index (χ1) is 12.6. The molecule has 3 atom stereocenters. The van der Waals surface area contributed by atoms with Gasteiger partial charge in [0.2, 0.25) is 5.91 Å². The number of nitrogens with two attached hydrogens (primary N) is 1. The second-order valence-corrected chi connectivity index (χ2v) is 7.68. The standard InChI is InChI=1S/C21H30N2O3/c1-2-26-19(24)13-18(14-7-4-3-5-8-14)23-21(25)17-11-15-9-6-10-16(12-17)20(15)22/h3-5,7-8,15-18,20H,2,6,9-13,22H2,1H3,(H,23,25). The van der Waals surface area contributed by atoms with Crippen LogP contribution in [-0.4, -0.2) is 24.5 Å². The molecule has 0 aliphatic heterocycles. The second kappa shape index (κ2) is 8.67. The number of fused-ring (bicyclic) bond motifs is 2. The van der Waals surface area contributed by atoms with Gasteiger partial charge in [-0.25, -0.2) is 0 Å². The molecule has 3 rings (SSSR count). The molecule has 2 bridgehead atoms. The summed E-state index contributed by atoms with van der Waals surface area (Å²) >= 11 is 0. The van der Waals surface area contributed by atoms with Crippen LogP contribution < -0.4 is 11.1 Å². The van der Waals surface area contributed by atoms with Crippen LogP contribution in [0.15, 0.2) is 30.3 Å². The smallest absolute Gasteiger partial charge is 0.308 e. The fourth-order valence-electron chi connectivity index (χ4n) is 4.62. The molecule has 1 aromatic carbocycles. The normalized spacial score (nSPS) is 28.8. The maximum atomic E-state index is 13.0. The lowest BCUT2D eigenvalue weighted by Gasteiger charge is -2.43. The molecule has 2 aliphatic rings. The van der Waals surface area contributed by atoms with Crippen LogP contribution in [0.4, 0.5) is 0 Å². The molecule has 3 N–H and O–H groups in total. The van der Waals surface area contributed by atoms with Crippen LogP contribution in [0.2, 0.25) is 0 Å². The predicted molar refractivity (Wildman–Crippen MR) is 100 cm³/mol. The maximum Gasteiger partial charge on any atom is 0.308 e. The number of rotatable bonds is 6. The Balaban J connectivity index is 1.68. The summed E-state index contributed by atoms with van der Waals surface area (Å²) in [5.74, 6) is 0.673. The summed E-state index contributed by atoms with van der Waals surface area (Å²) in [6.07, 6.45) is 5.38. The Morgan fingerprint density at radius 2 is 1.85 bits per heavy atom. The van der Waals surface area contributed by atoms with E-state index in [4.69, 9.17) is 10.5 Å². The molecule has 0 spiro atoms. The number of benzene rings is 1. The molecule has 2 fully saturated rings. The van der Waals surface area contributed by atoms with E-state index in [1.165, 1.54) is 6.42 Å². The van der Waals surface area contributed by atoms with Crippen molar-refractivity contribution in [1.29, 1.82) is 0 Å². The van der Waals surface area contributed by atoms with Gasteiger partial charge >= 0.3 is 5.97 Å². The predicted octanol–water partition coefficient (Wildman–Crippen LogP) is 2.95. The number of nitrogens with one attached hydrogen (secondary N) is 1. The molecule has 0 aromatic heterocycles. The van der Waals surface area contributed by atoms with Gasteiger partial charge in [-0.15, -0.1) is 0 Å². The van der Waals surface area contributed by atoms with Gasteiger partial charge in [0.15, 0.2) is 0 Å². The summed E-state index contributed by atoms with van der Waals surface area (Å²) in [6.45, 7) is 2.14. The van der Waals surface area contributed by atoms with Crippen LogP contribution >= 0.6 is 0 Å². The maximum absolute atomic E-state index is 13.0. The van der Waals surface area contributed by atoms with Crippen molar-refractivity contribution in [3.8, 4) is 0 Å². The lowest BCUT2D eigenvalue weighted by molar-refractivity contribution is -0.144. The molecule has 2 saturated carbocycles. The number of carbonyl (C=O) groups excluding carboxylic acids is 2. The highest BCUT2D eigenvalue weighted by Gasteiger charge is 2.40. The second-order valence-electron chi connectivity index (χ2n) is 7.68. The number of amides is 1. The van der Waals surface area contributed by atoms with Crippen molar-refractivity contribution in [3.63, 3.8) is 0 Å². The van der Waals surface area contributed by atoms with Crippen molar-refractivity contribution in [2.24, 2.45) is 23.5 Å². The summed E-state index contributed by atoms with van der Waals surface area (Å²) in [5.41, 5.74) is 7.28. The van der Waals surface area contributed by atoms with Crippen LogP contribution in [0.1, 0.15) is 57.1 Å². The first kappa shape index (κ1) is 18.9. The SMILES string of the molecule is CCOC(=O)CC(NC(=O)C1CC2CCCC(C1)C2N)c1ccccc1. The number of hydrogen-bond acceptors (Lipinski definition) is 4. The lowest BCUT2D eigenvalue weighted by Crippen LogP contribution is -2.49. The average Bonchev–Trinajstić information content (AvgIpc) is 2.62. The van der Waals surface area contributed by atoms with E-state index in [0.29, 0.717) is 18.4 Å². The van der Waals surface area contributed by atoms with E-state index >= 15 is 0 Å². The zero-order valence-electron chi connectivity index (χ0n) is 15.5. The molecular formula is C21H30N2O3. The van der Waals surface area contributed by atoms with Crippen molar-refractivity contribution >= 4 is 11.9 Å². The highest BCUT2D eigenvalue weighted by atomic mass is 16.5. The lowest BCUT2D eigenvalue weighted by atomic mass is 9.65. The molecular weight excluding hydrogens is 328 g/mol. The van der Waals surface area contributed by atoms with Crippen molar-refractivity contribution < 1.29 is 14.3 Å². The van der Waals surface area contributed by atoms with Crippen LogP contribution in [0.25, 0.3) is 0 Å². The van der Waals surface area contributed by atoms with Crippen LogP contribution in [0, 0.1) is 17.8 Å². The van der Waals surface area contributed by atoms with Gasteiger partial charge in [-0.2, -0.15) is 0 Å². The van der Waals surface area contributed by atoms with Crippen molar-refractivity contribution in [1.82, 2.24) is 5.32 Å². The molecule has 0 radical (unpaired) electrons. The summed E-state index contributed by atoms with van der Waals surface area (Å²) in [6, 6.07) is 9.55. The van der Waals surface area contributed by atoms with Gasteiger partial charge in [-0.05, 0) is 50.0 Å². The molecule has 3 unspecified atom stereocenters. The molecule has 0 heterocycles. The first-order valence-corrected chi connectivity index (χ1v) is 9.85. The van der Waals surface area contributed by atoms with E-state index in [1.807, 2.05) is 30.3 Å². The number of hydrogen-bond donors (Lipinski definition) is 2. The van der Waals surface area contributed by atoms with Gasteiger partial charge in [-0.3, -0.25) is 9.59 Å². The Hall–Kier alpha value is -1.88. The zero-order valence-corrected chi connectivity index (χ0v) is 15.5. The molecule has 0 saturated heterocycles. The van der Waals surface area contributed by atoms with E-state index < -0.39 is 0 Å². The minimum Gasteiger partial charge on any atom is -0.466 e. The van der Waals surface area contributed by atoms with Gasteiger partial charge < -0.3 is 15.8 Å². The largest absolute Gasteiger partial charge is 0.466 e. The van der Waals surface area contributed by atoms with Gasteiger partial charge in [0.25, 0.3) is 0 Å². The van der Waals surface area contributed by atoms with E-state index in [9.17, 15) is 9.59 Å². The molecule has 5 nitrogen and oxygen atoms in total. The molecule has 1 aromatic rings. The van der Waals surface area contributed by atoms with Crippen LogP contribution in [-0.2, 0) is 14.3 Å². The average molecular weight is 358 g/mol. The van der Waals surface area contributed by atoms with Gasteiger partial charge in [0.05, 0.1) is 19.1 Å². The van der Waals surface area contributed by atoms with E-state index in [2.05, 4.69) is 5.32 Å². The van der Waals surface area contributed by atoms with Gasteiger partial charge in [0, 0.05) is 12.0 Å². The first-order valence-electron chi connectivity index (χ1n) is 9.85.